The van der Waals surface area contributed by atoms with Gasteiger partial charge in [-0.3, -0.25) is 4.79 Å². The van der Waals surface area contributed by atoms with E-state index in [1.165, 1.54) is 18.2 Å². The average Bonchev–Trinajstić information content (AvgIpc) is 2.89. The highest BCUT2D eigenvalue weighted by Gasteiger charge is 2.16. The number of rotatable bonds is 4. The topological polar surface area (TPSA) is 79.5 Å². The molecule has 0 aliphatic rings. The van der Waals surface area contributed by atoms with Gasteiger partial charge in [-0.1, -0.05) is 18.5 Å². The zero-order valence-electron chi connectivity index (χ0n) is 10.6. The third-order valence-electron chi connectivity index (χ3n) is 2.69. The first kappa shape index (κ1) is 14.1. The summed E-state index contributed by atoms with van der Waals surface area (Å²) in [5, 5.41) is 11.9. The van der Waals surface area contributed by atoms with Crippen LogP contribution in [0.25, 0.3) is 0 Å². The number of amides is 1. The van der Waals surface area contributed by atoms with E-state index in [0.29, 0.717) is 12.2 Å². The quantitative estimate of drug-likeness (QED) is 0.905. The number of aromatic carboxylic acids is 1. The van der Waals surface area contributed by atoms with Gasteiger partial charge in [0.05, 0.1) is 11.3 Å². The summed E-state index contributed by atoms with van der Waals surface area (Å²) in [6.07, 6.45) is 0.675. The molecule has 1 aromatic heterocycles. The van der Waals surface area contributed by atoms with Gasteiger partial charge in [0.2, 0.25) is 0 Å². The second kappa shape index (κ2) is 5.79. The predicted molar refractivity (Wildman–Crippen MR) is 74.5 cm³/mol. The molecular formula is C14H12ClNO4. The van der Waals surface area contributed by atoms with E-state index in [-0.39, 0.29) is 22.0 Å². The highest BCUT2D eigenvalue weighted by molar-refractivity contribution is 6.31. The summed E-state index contributed by atoms with van der Waals surface area (Å²) in [7, 11) is 0. The summed E-state index contributed by atoms with van der Waals surface area (Å²) < 4.78 is 5.31. The molecule has 2 rings (SSSR count). The van der Waals surface area contributed by atoms with Gasteiger partial charge in [0.25, 0.3) is 5.91 Å². The van der Waals surface area contributed by atoms with E-state index < -0.39 is 11.9 Å². The first-order chi connectivity index (χ1) is 9.51. The molecule has 0 spiro atoms. The van der Waals surface area contributed by atoms with Crippen molar-refractivity contribution in [1.29, 1.82) is 0 Å². The van der Waals surface area contributed by atoms with Gasteiger partial charge in [-0.05, 0) is 30.3 Å². The molecule has 1 heterocycles. The molecule has 0 fully saturated rings. The Morgan fingerprint density at radius 1 is 1.30 bits per heavy atom. The smallest absolute Gasteiger partial charge is 0.337 e. The Bertz CT molecular complexity index is 663. The minimum absolute atomic E-state index is 0.0758. The fourth-order valence-corrected chi connectivity index (χ4v) is 1.85. The number of benzene rings is 1. The Balaban J connectivity index is 2.25. The summed E-state index contributed by atoms with van der Waals surface area (Å²) in [4.78, 5) is 23.1. The van der Waals surface area contributed by atoms with Crippen molar-refractivity contribution in [2.75, 3.05) is 5.32 Å². The first-order valence-electron chi connectivity index (χ1n) is 5.94. The molecule has 2 aromatic rings. The fourth-order valence-electron chi connectivity index (χ4n) is 1.68. The van der Waals surface area contributed by atoms with Crippen molar-refractivity contribution in [2.45, 2.75) is 13.3 Å². The number of carbonyl (C=O) groups is 2. The van der Waals surface area contributed by atoms with Crippen LogP contribution < -0.4 is 5.32 Å². The number of hydrogen-bond acceptors (Lipinski definition) is 3. The van der Waals surface area contributed by atoms with Crippen LogP contribution in [0, 0.1) is 0 Å². The van der Waals surface area contributed by atoms with Crippen LogP contribution in [-0.4, -0.2) is 17.0 Å². The Kier molecular flexibility index (Phi) is 4.10. The number of carboxylic acids is 1. The van der Waals surface area contributed by atoms with E-state index in [1.54, 1.807) is 12.1 Å². The third-order valence-corrected chi connectivity index (χ3v) is 2.93. The Hall–Kier alpha value is -2.27. The number of furan rings is 1. The molecule has 6 heteroatoms. The van der Waals surface area contributed by atoms with Crippen molar-refractivity contribution in [3.63, 3.8) is 0 Å². The fraction of sp³-hybridized carbons (Fsp3) is 0.143. The van der Waals surface area contributed by atoms with Crippen molar-refractivity contribution in [3.8, 4) is 0 Å². The second-order valence-electron chi connectivity index (χ2n) is 4.07. The van der Waals surface area contributed by atoms with Crippen molar-refractivity contribution < 1.29 is 19.1 Å². The summed E-state index contributed by atoms with van der Waals surface area (Å²) >= 11 is 5.74. The van der Waals surface area contributed by atoms with Crippen molar-refractivity contribution >= 4 is 29.2 Å². The normalized spacial score (nSPS) is 10.3. The number of nitrogens with one attached hydrogen (secondary N) is 1. The third kappa shape index (κ3) is 3.00. The highest BCUT2D eigenvalue weighted by atomic mass is 35.5. The molecule has 0 saturated carbocycles. The standard InChI is InChI=1S/C14H12ClNO4/c1-2-9-4-6-12(20-9)13(17)16-11-5-3-8(15)7-10(11)14(18)19/h3-7H,2H2,1H3,(H,16,17)(H,18,19). The lowest BCUT2D eigenvalue weighted by molar-refractivity contribution is 0.0698. The predicted octanol–water partition coefficient (Wildman–Crippen LogP) is 3.45. The largest absolute Gasteiger partial charge is 0.478 e. The SMILES string of the molecule is CCc1ccc(C(=O)Nc2ccc(Cl)cc2C(=O)O)o1. The molecule has 104 valence electrons. The van der Waals surface area contributed by atoms with E-state index in [1.807, 2.05) is 6.92 Å². The molecule has 0 aliphatic heterocycles. The van der Waals surface area contributed by atoms with Crippen LogP contribution in [0.4, 0.5) is 5.69 Å². The lowest BCUT2D eigenvalue weighted by Crippen LogP contribution is -2.14. The number of halogens is 1. The maximum absolute atomic E-state index is 12.0. The number of hydrogen-bond donors (Lipinski definition) is 2. The average molecular weight is 294 g/mol. The van der Waals surface area contributed by atoms with Crippen LogP contribution in [-0.2, 0) is 6.42 Å². The second-order valence-corrected chi connectivity index (χ2v) is 4.51. The molecular weight excluding hydrogens is 282 g/mol. The molecule has 1 aromatic carbocycles. The molecule has 0 unspecified atom stereocenters. The molecule has 1 amide bonds. The van der Waals surface area contributed by atoms with Gasteiger partial charge < -0.3 is 14.8 Å². The van der Waals surface area contributed by atoms with Crippen molar-refractivity contribution in [2.24, 2.45) is 0 Å². The summed E-state index contributed by atoms with van der Waals surface area (Å²) in [5.74, 6) is -0.858. The van der Waals surface area contributed by atoms with E-state index in [9.17, 15) is 9.59 Å². The molecule has 0 radical (unpaired) electrons. The summed E-state index contributed by atoms with van der Waals surface area (Å²) in [5.41, 5.74) is 0.0921. The van der Waals surface area contributed by atoms with Crippen LogP contribution in [0.2, 0.25) is 5.02 Å². The van der Waals surface area contributed by atoms with E-state index in [2.05, 4.69) is 5.32 Å². The van der Waals surface area contributed by atoms with E-state index in [0.717, 1.165) is 0 Å². The summed E-state index contributed by atoms with van der Waals surface area (Å²) in [6, 6.07) is 7.47. The molecule has 0 saturated heterocycles. The minimum atomic E-state index is -1.17. The molecule has 0 aliphatic carbocycles. The number of carbonyl (C=O) groups excluding carboxylic acids is 1. The van der Waals surface area contributed by atoms with Gasteiger partial charge in [0.1, 0.15) is 5.76 Å². The van der Waals surface area contributed by atoms with Gasteiger partial charge in [-0.15, -0.1) is 0 Å². The first-order valence-corrected chi connectivity index (χ1v) is 6.32. The Labute approximate surface area is 120 Å². The van der Waals surface area contributed by atoms with Gasteiger partial charge in [0.15, 0.2) is 5.76 Å². The van der Waals surface area contributed by atoms with Crippen molar-refractivity contribution in [1.82, 2.24) is 0 Å². The van der Waals surface area contributed by atoms with Crippen LogP contribution >= 0.6 is 11.6 Å². The van der Waals surface area contributed by atoms with Crippen molar-refractivity contribution in [3.05, 3.63) is 52.4 Å². The van der Waals surface area contributed by atoms with Crippen LogP contribution in [0.3, 0.4) is 0 Å². The number of anilines is 1. The Morgan fingerprint density at radius 3 is 2.65 bits per heavy atom. The van der Waals surface area contributed by atoms with Gasteiger partial charge >= 0.3 is 5.97 Å². The van der Waals surface area contributed by atoms with E-state index in [4.69, 9.17) is 21.1 Å². The van der Waals surface area contributed by atoms with Crippen LogP contribution in [0.5, 0.6) is 0 Å². The number of carboxylic acid groups (broad SMARTS) is 1. The Morgan fingerprint density at radius 2 is 2.05 bits per heavy atom. The molecule has 5 nitrogen and oxygen atoms in total. The zero-order valence-corrected chi connectivity index (χ0v) is 11.4. The van der Waals surface area contributed by atoms with Crippen LogP contribution in [0.1, 0.15) is 33.6 Å². The minimum Gasteiger partial charge on any atom is -0.478 e. The van der Waals surface area contributed by atoms with Gasteiger partial charge in [0, 0.05) is 11.4 Å². The summed E-state index contributed by atoms with van der Waals surface area (Å²) in [6.45, 7) is 1.91. The maximum atomic E-state index is 12.0. The maximum Gasteiger partial charge on any atom is 0.337 e. The van der Waals surface area contributed by atoms with E-state index >= 15 is 0 Å². The zero-order chi connectivity index (χ0) is 14.7. The molecule has 2 N–H and O–H groups in total. The molecule has 20 heavy (non-hydrogen) atoms. The number of aryl methyl sites for hydroxylation is 1. The lowest BCUT2D eigenvalue weighted by Gasteiger charge is -2.07. The molecule has 0 atom stereocenters. The van der Waals surface area contributed by atoms with Gasteiger partial charge in [-0.25, -0.2) is 4.79 Å². The monoisotopic (exact) mass is 293 g/mol. The lowest BCUT2D eigenvalue weighted by atomic mass is 10.1. The van der Waals surface area contributed by atoms with Crippen LogP contribution in [0.15, 0.2) is 34.7 Å². The molecule has 0 bridgehead atoms. The highest BCUT2D eigenvalue weighted by Crippen LogP contribution is 2.21. The van der Waals surface area contributed by atoms with Gasteiger partial charge in [-0.2, -0.15) is 0 Å².